The number of thiophene rings is 1. The zero-order valence-corrected chi connectivity index (χ0v) is 11.4. The normalized spacial score (nSPS) is 11.9. The molecule has 16 heavy (non-hydrogen) atoms. The lowest BCUT2D eigenvalue weighted by molar-refractivity contribution is 0.424. The van der Waals surface area contributed by atoms with E-state index < -0.39 is 0 Å². The first-order valence-electron chi connectivity index (χ1n) is 5.26. The van der Waals surface area contributed by atoms with Gasteiger partial charge in [-0.3, -0.25) is 0 Å². The first kappa shape index (κ1) is 11.8. The lowest BCUT2D eigenvalue weighted by Crippen LogP contribution is -2.34. The molecule has 2 heterocycles. The van der Waals surface area contributed by atoms with E-state index in [0.717, 1.165) is 17.2 Å². The Bertz CT molecular complexity index is 438. The number of nitrogens with zero attached hydrogens (tertiary/aromatic N) is 1. The maximum atomic E-state index is 4.62. The van der Waals surface area contributed by atoms with Crippen LogP contribution < -0.4 is 5.32 Å². The molecule has 1 N–H and O–H groups in total. The molecule has 0 aliphatic carbocycles. The highest BCUT2D eigenvalue weighted by molar-refractivity contribution is 7.10. The highest BCUT2D eigenvalue weighted by atomic mass is 32.1. The topological polar surface area (TPSA) is 24.9 Å². The van der Waals surface area contributed by atoms with Crippen molar-refractivity contribution in [1.29, 1.82) is 0 Å². The van der Waals surface area contributed by atoms with Crippen molar-refractivity contribution in [2.75, 3.05) is 0 Å². The monoisotopic (exact) mass is 252 g/mol. The minimum absolute atomic E-state index is 0.147. The third-order valence-corrected chi connectivity index (χ3v) is 3.67. The Labute approximate surface area is 104 Å². The van der Waals surface area contributed by atoms with Crippen molar-refractivity contribution in [2.24, 2.45) is 0 Å². The second-order valence-corrected chi connectivity index (χ2v) is 6.46. The Balaban J connectivity index is 2.03. The quantitative estimate of drug-likeness (QED) is 0.899. The molecule has 2 aromatic rings. The first-order valence-corrected chi connectivity index (χ1v) is 7.09. The van der Waals surface area contributed by atoms with Crippen LogP contribution >= 0.6 is 22.7 Å². The number of rotatable bonds is 3. The fourth-order valence-corrected chi connectivity index (χ4v) is 2.67. The Kier molecular flexibility index (Phi) is 3.42. The van der Waals surface area contributed by atoms with E-state index in [9.17, 15) is 0 Å². The number of aromatic nitrogens is 1. The van der Waals surface area contributed by atoms with E-state index in [2.05, 4.69) is 53.3 Å². The van der Waals surface area contributed by atoms with Crippen LogP contribution in [0.3, 0.4) is 0 Å². The van der Waals surface area contributed by atoms with Crippen LogP contribution in [0.1, 0.15) is 25.8 Å². The average Bonchev–Trinajstić information content (AvgIpc) is 2.84. The van der Waals surface area contributed by atoms with E-state index in [1.807, 2.05) is 0 Å². The molecule has 0 atom stereocenters. The summed E-state index contributed by atoms with van der Waals surface area (Å²) in [4.78, 5) is 4.62. The minimum Gasteiger partial charge on any atom is -0.306 e. The van der Waals surface area contributed by atoms with Crippen molar-refractivity contribution in [2.45, 2.75) is 32.9 Å². The molecule has 0 radical (unpaired) electrons. The minimum atomic E-state index is 0.147. The van der Waals surface area contributed by atoms with Crippen LogP contribution in [-0.2, 0) is 6.54 Å². The van der Waals surface area contributed by atoms with Crippen LogP contribution in [-0.4, -0.2) is 10.5 Å². The van der Waals surface area contributed by atoms with E-state index in [1.54, 1.807) is 22.7 Å². The number of hydrogen-bond acceptors (Lipinski definition) is 4. The Hall–Kier alpha value is -0.710. The highest BCUT2D eigenvalue weighted by Crippen LogP contribution is 2.24. The summed E-state index contributed by atoms with van der Waals surface area (Å²) in [5.74, 6) is 0. The molecular weight excluding hydrogens is 236 g/mol. The molecule has 2 rings (SSSR count). The largest absolute Gasteiger partial charge is 0.306 e. The van der Waals surface area contributed by atoms with Gasteiger partial charge in [-0.15, -0.1) is 11.3 Å². The molecule has 0 aliphatic heterocycles. The van der Waals surface area contributed by atoms with Crippen molar-refractivity contribution in [3.05, 3.63) is 27.2 Å². The molecular formula is C12H16N2S2. The van der Waals surface area contributed by atoms with E-state index in [-0.39, 0.29) is 5.54 Å². The van der Waals surface area contributed by atoms with Crippen LogP contribution in [0.25, 0.3) is 11.3 Å². The zero-order chi connectivity index (χ0) is 11.6. The van der Waals surface area contributed by atoms with Gasteiger partial charge in [0.2, 0.25) is 0 Å². The van der Waals surface area contributed by atoms with Gasteiger partial charge in [0.15, 0.2) is 0 Å². The van der Waals surface area contributed by atoms with Gasteiger partial charge in [0.25, 0.3) is 0 Å². The van der Waals surface area contributed by atoms with Gasteiger partial charge in [0, 0.05) is 28.4 Å². The molecule has 0 saturated carbocycles. The van der Waals surface area contributed by atoms with Crippen LogP contribution in [0.4, 0.5) is 0 Å². The summed E-state index contributed by atoms with van der Waals surface area (Å²) < 4.78 is 0. The predicted molar refractivity (Wildman–Crippen MR) is 72.0 cm³/mol. The summed E-state index contributed by atoms with van der Waals surface area (Å²) in [6.07, 6.45) is 0. The highest BCUT2D eigenvalue weighted by Gasteiger charge is 2.10. The van der Waals surface area contributed by atoms with Crippen molar-refractivity contribution in [3.63, 3.8) is 0 Å². The summed E-state index contributed by atoms with van der Waals surface area (Å²) in [6, 6.07) is 2.11. The molecule has 2 aromatic heterocycles. The van der Waals surface area contributed by atoms with E-state index >= 15 is 0 Å². The SMILES string of the molecule is CC(C)(C)NCc1nc(-c2ccsc2)cs1. The number of thiazole rings is 1. The van der Waals surface area contributed by atoms with Gasteiger partial charge in [0.05, 0.1) is 5.69 Å². The van der Waals surface area contributed by atoms with Crippen molar-refractivity contribution >= 4 is 22.7 Å². The molecule has 0 amide bonds. The Morgan fingerprint density at radius 2 is 2.12 bits per heavy atom. The van der Waals surface area contributed by atoms with Crippen molar-refractivity contribution in [1.82, 2.24) is 10.3 Å². The number of nitrogens with one attached hydrogen (secondary N) is 1. The lowest BCUT2D eigenvalue weighted by atomic mass is 10.1. The molecule has 4 heteroatoms. The molecule has 0 saturated heterocycles. The van der Waals surface area contributed by atoms with Gasteiger partial charge in [0.1, 0.15) is 5.01 Å². The third-order valence-electron chi connectivity index (χ3n) is 2.14. The molecule has 0 aliphatic rings. The fourth-order valence-electron chi connectivity index (χ4n) is 1.28. The molecule has 0 fully saturated rings. The average molecular weight is 252 g/mol. The summed E-state index contributed by atoms with van der Waals surface area (Å²) in [5.41, 5.74) is 2.47. The lowest BCUT2D eigenvalue weighted by Gasteiger charge is -2.19. The summed E-state index contributed by atoms with van der Waals surface area (Å²) in [6.45, 7) is 7.35. The van der Waals surface area contributed by atoms with Gasteiger partial charge in [-0.05, 0) is 32.2 Å². The van der Waals surface area contributed by atoms with E-state index in [1.165, 1.54) is 5.56 Å². The fraction of sp³-hybridized carbons (Fsp3) is 0.417. The Morgan fingerprint density at radius 3 is 2.75 bits per heavy atom. The van der Waals surface area contributed by atoms with Gasteiger partial charge in [-0.2, -0.15) is 11.3 Å². The van der Waals surface area contributed by atoms with Crippen LogP contribution in [0.15, 0.2) is 22.2 Å². The first-order chi connectivity index (χ1) is 7.54. The van der Waals surface area contributed by atoms with Crippen LogP contribution in [0.5, 0.6) is 0 Å². The summed E-state index contributed by atoms with van der Waals surface area (Å²) in [5, 5.41) is 10.9. The van der Waals surface area contributed by atoms with Gasteiger partial charge < -0.3 is 5.32 Å². The van der Waals surface area contributed by atoms with Crippen LogP contribution in [0.2, 0.25) is 0 Å². The maximum Gasteiger partial charge on any atom is 0.107 e. The van der Waals surface area contributed by atoms with Gasteiger partial charge >= 0.3 is 0 Å². The predicted octanol–water partition coefficient (Wildman–Crippen LogP) is 3.76. The summed E-state index contributed by atoms with van der Waals surface area (Å²) >= 11 is 3.43. The standard InChI is InChI=1S/C12H16N2S2/c1-12(2,3)13-6-11-14-10(8-16-11)9-4-5-15-7-9/h4-5,7-8,13H,6H2,1-3H3. The zero-order valence-electron chi connectivity index (χ0n) is 9.78. The van der Waals surface area contributed by atoms with E-state index in [0.29, 0.717) is 0 Å². The molecule has 86 valence electrons. The Morgan fingerprint density at radius 1 is 1.31 bits per heavy atom. The molecule has 0 bridgehead atoms. The van der Waals surface area contributed by atoms with Gasteiger partial charge in [-0.25, -0.2) is 4.98 Å². The molecule has 2 nitrogen and oxygen atoms in total. The summed E-state index contributed by atoms with van der Waals surface area (Å²) in [7, 11) is 0. The second-order valence-electron chi connectivity index (χ2n) is 4.74. The molecule has 0 spiro atoms. The maximum absolute atomic E-state index is 4.62. The van der Waals surface area contributed by atoms with Gasteiger partial charge in [-0.1, -0.05) is 0 Å². The van der Waals surface area contributed by atoms with Crippen LogP contribution in [0, 0.1) is 0 Å². The third kappa shape index (κ3) is 3.14. The van der Waals surface area contributed by atoms with E-state index in [4.69, 9.17) is 0 Å². The smallest absolute Gasteiger partial charge is 0.107 e. The number of hydrogen-bond donors (Lipinski definition) is 1. The molecule has 0 unspecified atom stereocenters. The van der Waals surface area contributed by atoms with Crippen molar-refractivity contribution in [3.8, 4) is 11.3 Å². The second kappa shape index (κ2) is 4.65. The molecule has 0 aromatic carbocycles. The van der Waals surface area contributed by atoms with Crippen molar-refractivity contribution < 1.29 is 0 Å².